The van der Waals surface area contributed by atoms with Gasteiger partial charge in [0.2, 0.25) is 23.6 Å². The number of nitrogens with one attached hydrogen (secondary N) is 1. The molecule has 26 heavy (non-hydrogen) atoms. The van der Waals surface area contributed by atoms with Gasteiger partial charge in [0.25, 0.3) is 0 Å². The van der Waals surface area contributed by atoms with Crippen LogP contribution in [-0.2, 0) is 24.0 Å². The highest BCUT2D eigenvalue weighted by atomic mass is 16.4. The Balaban J connectivity index is 2.81. The fourth-order valence-electron chi connectivity index (χ4n) is 2.74. The number of hydrogen-bond acceptors (Lipinski definition) is 6. The average Bonchev–Trinajstić information content (AvgIpc) is 3.05. The van der Waals surface area contributed by atoms with Gasteiger partial charge in [0.05, 0.1) is 6.04 Å². The number of hydrogen-bond donors (Lipinski definition) is 5. The third-order valence-electron chi connectivity index (χ3n) is 4.15. The second-order valence-electron chi connectivity index (χ2n) is 6.21. The summed E-state index contributed by atoms with van der Waals surface area (Å²) in [6.45, 7) is 0.243. The predicted octanol–water partition coefficient (Wildman–Crippen LogP) is -2.59. The van der Waals surface area contributed by atoms with Crippen LogP contribution in [0, 0.1) is 0 Å². The van der Waals surface area contributed by atoms with Crippen LogP contribution in [0.4, 0.5) is 0 Å². The van der Waals surface area contributed by atoms with E-state index in [2.05, 4.69) is 5.32 Å². The van der Waals surface area contributed by atoms with Crippen molar-refractivity contribution in [3.63, 3.8) is 0 Å². The highest BCUT2D eigenvalue weighted by Crippen LogP contribution is 2.19. The van der Waals surface area contributed by atoms with Crippen molar-refractivity contribution in [1.29, 1.82) is 0 Å². The number of carboxylic acid groups (broad SMARTS) is 1. The van der Waals surface area contributed by atoms with Crippen molar-refractivity contribution in [1.82, 2.24) is 10.2 Å². The van der Waals surface area contributed by atoms with E-state index in [1.54, 1.807) is 0 Å². The third kappa shape index (κ3) is 6.31. The predicted molar refractivity (Wildman–Crippen MR) is 89.1 cm³/mol. The first kappa shape index (κ1) is 21.4. The van der Waals surface area contributed by atoms with E-state index in [1.165, 1.54) is 4.90 Å². The Morgan fingerprint density at radius 2 is 1.65 bits per heavy atom. The molecule has 1 fully saturated rings. The number of carboxylic acids is 1. The molecule has 1 heterocycles. The van der Waals surface area contributed by atoms with Crippen molar-refractivity contribution in [2.45, 2.75) is 56.7 Å². The smallest absolute Gasteiger partial charge is 0.326 e. The molecular weight excluding hydrogens is 346 g/mol. The summed E-state index contributed by atoms with van der Waals surface area (Å²) in [5.41, 5.74) is 15.8. The van der Waals surface area contributed by atoms with Crippen LogP contribution in [0.2, 0.25) is 0 Å². The molecule has 1 aliphatic rings. The van der Waals surface area contributed by atoms with Crippen molar-refractivity contribution >= 4 is 29.6 Å². The van der Waals surface area contributed by atoms with Crippen molar-refractivity contribution in [3.05, 3.63) is 0 Å². The Kier molecular flexibility index (Phi) is 7.97. The van der Waals surface area contributed by atoms with Crippen LogP contribution >= 0.6 is 0 Å². The fourth-order valence-corrected chi connectivity index (χ4v) is 2.74. The summed E-state index contributed by atoms with van der Waals surface area (Å²) in [5.74, 6) is -3.71. The normalized spacial score (nSPS) is 18.8. The minimum absolute atomic E-state index is 0.000633. The summed E-state index contributed by atoms with van der Waals surface area (Å²) in [6.07, 6.45) is 0.498. The largest absolute Gasteiger partial charge is 0.480 e. The Hall–Kier alpha value is -2.69. The molecule has 1 aliphatic heterocycles. The highest BCUT2D eigenvalue weighted by Gasteiger charge is 2.37. The topological polar surface area (TPSA) is 199 Å². The van der Waals surface area contributed by atoms with Crippen molar-refractivity contribution < 1.29 is 29.1 Å². The molecule has 0 saturated carbocycles. The maximum Gasteiger partial charge on any atom is 0.326 e. The lowest BCUT2D eigenvalue weighted by Gasteiger charge is -2.28. The summed E-state index contributed by atoms with van der Waals surface area (Å²) in [5, 5.41) is 11.6. The maximum absolute atomic E-state index is 12.7. The van der Waals surface area contributed by atoms with Gasteiger partial charge in [0.1, 0.15) is 12.1 Å². The summed E-state index contributed by atoms with van der Waals surface area (Å²) in [6, 6.07) is -3.17. The van der Waals surface area contributed by atoms with Gasteiger partial charge in [-0.1, -0.05) is 0 Å². The maximum atomic E-state index is 12.7. The lowest BCUT2D eigenvalue weighted by atomic mass is 10.1. The lowest BCUT2D eigenvalue weighted by Crippen LogP contribution is -2.54. The van der Waals surface area contributed by atoms with Gasteiger partial charge in [-0.2, -0.15) is 0 Å². The number of primary amides is 2. The Morgan fingerprint density at radius 1 is 1.08 bits per heavy atom. The van der Waals surface area contributed by atoms with Gasteiger partial charge in [0, 0.05) is 19.4 Å². The molecule has 4 amide bonds. The monoisotopic (exact) mass is 371 g/mol. The number of nitrogens with zero attached hydrogens (tertiary/aromatic N) is 1. The van der Waals surface area contributed by atoms with E-state index in [1.807, 2.05) is 0 Å². The summed E-state index contributed by atoms with van der Waals surface area (Å²) >= 11 is 0. The molecule has 3 unspecified atom stereocenters. The van der Waals surface area contributed by atoms with Crippen LogP contribution < -0.4 is 22.5 Å². The Labute approximate surface area is 150 Å². The molecule has 1 saturated heterocycles. The SMILES string of the molecule is NC(=O)CCC(N)C(=O)NC(CCC(N)=O)C(=O)N1CCCC1C(=O)O. The highest BCUT2D eigenvalue weighted by molar-refractivity contribution is 5.92. The molecule has 0 aromatic rings. The van der Waals surface area contributed by atoms with Gasteiger partial charge in [-0.15, -0.1) is 0 Å². The molecule has 11 heteroatoms. The Morgan fingerprint density at radius 3 is 2.19 bits per heavy atom. The molecule has 146 valence electrons. The number of carbonyl (C=O) groups excluding carboxylic acids is 4. The van der Waals surface area contributed by atoms with Gasteiger partial charge in [-0.25, -0.2) is 4.79 Å². The van der Waals surface area contributed by atoms with Crippen LogP contribution in [0.25, 0.3) is 0 Å². The van der Waals surface area contributed by atoms with E-state index >= 15 is 0 Å². The number of amides is 4. The van der Waals surface area contributed by atoms with Crippen LogP contribution in [-0.4, -0.2) is 64.3 Å². The van der Waals surface area contributed by atoms with Gasteiger partial charge >= 0.3 is 5.97 Å². The number of carbonyl (C=O) groups is 5. The summed E-state index contributed by atoms with van der Waals surface area (Å²) in [7, 11) is 0. The Bertz CT molecular complexity index is 581. The van der Waals surface area contributed by atoms with E-state index < -0.39 is 47.7 Å². The molecule has 0 aliphatic carbocycles. The minimum Gasteiger partial charge on any atom is -0.480 e. The zero-order valence-corrected chi connectivity index (χ0v) is 14.3. The van der Waals surface area contributed by atoms with Crippen LogP contribution in [0.1, 0.15) is 38.5 Å². The van der Waals surface area contributed by atoms with Gasteiger partial charge in [-0.3, -0.25) is 19.2 Å². The van der Waals surface area contributed by atoms with E-state index in [4.69, 9.17) is 17.2 Å². The number of likely N-dealkylation sites (tertiary alicyclic amines) is 1. The van der Waals surface area contributed by atoms with Gasteiger partial charge in [-0.05, 0) is 25.7 Å². The second-order valence-corrected chi connectivity index (χ2v) is 6.21. The molecule has 0 aromatic heterocycles. The number of rotatable bonds is 10. The quantitative estimate of drug-likeness (QED) is 0.277. The first-order valence-corrected chi connectivity index (χ1v) is 8.29. The van der Waals surface area contributed by atoms with Gasteiger partial charge < -0.3 is 32.5 Å². The molecule has 0 bridgehead atoms. The molecular formula is C15H25N5O6. The summed E-state index contributed by atoms with van der Waals surface area (Å²) < 4.78 is 0. The number of nitrogens with two attached hydrogens (primary N) is 3. The van der Waals surface area contributed by atoms with Crippen LogP contribution in [0.15, 0.2) is 0 Å². The second kappa shape index (κ2) is 9.70. The average molecular weight is 371 g/mol. The van der Waals surface area contributed by atoms with Crippen molar-refractivity contribution in [2.24, 2.45) is 17.2 Å². The third-order valence-corrected chi connectivity index (χ3v) is 4.15. The summed E-state index contributed by atoms with van der Waals surface area (Å²) in [4.78, 5) is 59.1. The van der Waals surface area contributed by atoms with Crippen LogP contribution in [0.3, 0.4) is 0 Å². The fraction of sp³-hybridized carbons (Fsp3) is 0.667. The molecule has 11 nitrogen and oxygen atoms in total. The van der Waals surface area contributed by atoms with Crippen molar-refractivity contribution in [2.75, 3.05) is 6.54 Å². The standard InChI is InChI=1S/C15H25N5O6/c16-8(3-5-11(17)21)13(23)19-9(4-6-12(18)22)14(24)20-7-1-2-10(20)15(25)26/h8-10H,1-7,16H2,(H2,17,21)(H2,18,22)(H,19,23)(H,25,26). The first-order chi connectivity index (χ1) is 12.1. The van der Waals surface area contributed by atoms with Gasteiger partial charge in [0.15, 0.2) is 0 Å². The van der Waals surface area contributed by atoms with E-state index in [0.29, 0.717) is 12.8 Å². The zero-order valence-electron chi connectivity index (χ0n) is 14.3. The molecule has 8 N–H and O–H groups in total. The molecule has 0 aromatic carbocycles. The van der Waals surface area contributed by atoms with E-state index in [-0.39, 0.29) is 32.2 Å². The lowest BCUT2D eigenvalue weighted by molar-refractivity contribution is -0.149. The molecule has 0 radical (unpaired) electrons. The van der Waals surface area contributed by atoms with Crippen LogP contribution in [0.5, 0.6) is 0 Å². The molecule has 3 atom stereocenters. The first-order valence-electron chi connectivity index (χ1n) is 8.29. The van der Waals surface area contributed by atoms with Crippen molar-refractivity contribution in [3.8, 4) is 0 Å². The minimum atomic E-state index is -1.13. The molecule has 0 spiro atoms. The van der Waals surface area contributed by atoms with E-state index in [9.17, 15) is 29.1 Å². The van der Waals surface area contributed by atoms with E-state index in [0.717, 1.165) is 0 Å². The zero-order chi connectivity index (χ0) is 19.9. The molecule has 1 rings (SSSR count). The number of aliphatic carboxylic acids is 1.